The Labute approximate surface area is 153 Å². The molecule has 1 aliphatic rings. The van der Waals surface area contributed by atoms with Gasteiger partial charge in [-0.25, -0.2) is 0 Å². The predicted octanol–water partition coefficient (Wildman–Crippen LogP) is 3.13. The van der Waals surface area contributed by atoms with E-state index in [1.807, 2.05) is 31.2 Å². The molecule has 0 spiro atoms. The number of aryl methyl sites for hydroxylation is 1. The molecule has 1 heterocycles. The number of aliphatic carboxylic acids is 1. The molecule has 0 aromatic heterocycles. The van der Waals surface area contributed by atoms with Crippen molar-refractivity contribution in [1.82, 2.24) is 4.90 Å². The number of benzene rings is 1. The Balaban J connectivity index is 1.85. The van der Waals surface area contributed by atoms with Crippen molar-refractivity contribution in [2.45, 2.75) is 51.6 Å². The zero-order valence-electron chi connectivity index (χ0n) is 14.6. The number of carbonyl (C=O) groups is 2. The normalized spacial score (nSPS) is 23.5. The molecule has 0 saturated carbocycles. The van der Waals surface area contributed by atoms with Crippen LogP contribution in [-0.2, 0) is 16.0 Å². The number of rotatable bonds is 7. The molecule has 0 unspecified atom stereocenters. The number of piperidine rings is 1. The predicted molar refractivity (Wildman–Crippen MR) is 96.6 cm³/mol. The Bertz CT molecular complexity index is 604. The summed E-state index contributed by atoms with van der Waals surface area (Å²) in [7, 11) is 0. The minimum Gasteiger partial charge on any atom is -0.481 e. The molecule has 1 aromatic carbocycles. The van der Waals surface area contributed by atoms with Crippen LogP contribution in [0.25, 0.3) is 0 Å². The van der Waals surface area contributed by atoms with Gasteiger partial charge in [0.1, 0.15) is 0 Å². The molecule has 5 nitrogen and oxygen atoms in total. The van der Waals surface area contributed by atoms with Gasteiger partial charge in [-0.15, -0.1) is 0 Å². The minimum absolute atomic E-state index is 0.0245. The monoisotopic (exact) mass is 367 g/mol. The van der Waals surface area contributed by atoms with Gasteiger partial charge in [-0.05, 0) is 43.4 Å². The fraction of sp³-hybridized carbons (Fsp3) is 0.579. The van der Waals surface area contributed by atoms with Crippen molar-refractivity contribution in [3.05, 3.63) is 34.9 Å². The van der Waals surface area contributed by atoms with Crippen LogP contribution in [0.15, 0.2) is 24.3 Å². The number of nitrogens with zero attached hydrogens (tertiary/aromatic N) is 1. The van der Waals surface area contributed by atoms with E-state index >= 15 is 0 Å². The second-order valence-electron chi connectivity index (χ2n) is 6.80. The fourth-order valence-electron chi connectivity index (χ4n) is 3.55. The number of likely N-dealkylation sites (tertiary alicyclic amines) is 1. The van der Waals surface area contributed by atoms with Gasteiger partial charge in [-0.3, -0.25) is 9.59 Å². The lowest BCUT2D eigenvalue weighted by atomic mass is 9.72. The van der Waals surface area contributed by atoms with Crippen molar-refractivity contribution in [2.75, 3.05) is 13.1 Å². The SMILES string of the molecule is CCC[C@]1(C(=O)O)CCN(C(=O)CCCc2ccc(Cl)cc2)C[C@@H]1O. The van der Waals surface area contributed by atoms with Crippen LogP contribution < -0.4 is 0 Å². The number of carbonyl (C=O) groups excluding carboxylic acids is 1. The lowest BCUT2D eigenvalue weighted by molar-refractivity contribution is -0.167. The molecule has 2 atom stereocenters. The average molecular weight is 368 g/mol. The molecule has 6 heteroatoms. The zero-order chi connectivity index (χ0) is 18.4. The molecule has 25 heavy (non-hydrogen) atoms. The first-order valence-electron chi connectivity index (χ1n) is 8.82. The van der Waals surface area contributed by atoms with Crippen LogP contribution in [0.3, 0.4) is 0 Å². The van der Waals surface area contributed by atoms with Gasteiger partial charge >= 0.3 is 5.97 Å². The van der Waals surface area contributed by atoms with Crippen molar-refractivity contribution in [2.24, 2.45) is 5.41 Å². The number of amides is 1. The van der Waals surface area contributed by atoms with E-state index in [1.165, 1.54) is 0 Å². The van der Waals surface area contributed by atoms with Crippen molar-refractivity contribution >= 4 is 23.5 Å². The number of carboxylic acid groups (broad SMARTS) is 1. The van der Waals surface area contributed by atoms with Gasteiger partial charge in [0.2, 0.25) is 5.91 Å². The van der Waals surface area contributed by atoms with Gasteiger partial charge in [-0.1, -0.05) is 37.1 Å². The van der Waals surface area contributed by atoms with E-state index in [2.05, 4.69) is 0 Å². The molecule has 0 bridgehead atoms. The van der Waals surface area contributed by atoms with Crippen LogP contribution in [0.5, 0.6) is 0 Å². The van der Waals surface area contributed by atoms with Crippen molar-refractivity contribution in [3.63, 3.8) is 0 Å². The standard InChI is InChI=1S/C19H26ClNO4/c1-2-10-19(18(24)25)11-12-21(13-16(19)22)17(23)5-3-4-14-6-8-15(20)9-7-14/h6-9,16,22H,2-5,10-13H2,1H3,(H,24,25)/t16-,19-/m0/s1. The molecule has 2 rings (SSSR count). The third-order valence-corrected chi connectivity index (χ3v) is 5.36. The number of aliphatic hydroxyl groups excluding tert-OH is 1. The fourth-order valence-corrected chi connectivity index (χ4v) is 3.68. The molecule has 0 aliphatic carbocycles. The molecular weight excluding hydrogens is 342 g/mol. The lowest BCUT2D eigenvalue weighted by Gasteiger charge is -2.42. The Kier molecular flexibility index (Phi) is 6.85. The highest BCUT2D eigenvalue weighted by Gasteiger charge is 2.48. The topological polar surface area (TPSA) is 77.8 Å². The van der Waals surface area contributed by atoms with Crippen molar-refractivity contribution < 1.29 is 19.8 Å². The summed E-state index contributed by atoms with van der Waals surface area (Å²) in [6.45, 7) is 2.40. The van der Waals surface area contributed by atoms with Crippen molar-refractivity contribution in [3.8, 4) is 0 Å². The first kappa shape index (κ1) is 19.7. The van der Waals surface area contributed by atoms with E-state index in [0.29, 0.717) is 43.7 Å². The first-order chi connectivity index (χ1) is 11.9. The van der Waals surface area contributed by atoms with Gasteiger partial charge in [0, 0.05) is 24.5 Å². The summed E-state index contributed by atoms with van der Waals surface area (Å²) >= 11 is 5.85. The number of carboxylic acids is 1. The lowest BCUT2D eigenvalue weighted by Crippen LogP contribution is -2.56. The molecule has 1 amide bonds. The van der Waals surface area contributed by atoms with E-state index in [4.69, 9.17) is 11.6 Å². The summed E-state index contributed by atoms with van der Waals surface area (Å²) < 4.78 is 0. The highest BCUT2D eigenvalue weighted by Crippen LogP contribution is 2.37. The maximum absolute atomic E-state index is 12.4. The summed E-state index contributed by atoms with van der Waals surface area (Å²) in [5.41, 5.74) is 0.0122. The molecule has 0 radical (unpaired) electrons. The van der Waals surface area contributed by atoms with Crippen LogP contribution in [0.2, 0.25) is 5.02 Å². The van der Waals surface area contributed by atoms with Crippen LogP contribution >= 0.6 is 11.6 Å². The Morgan fingerprint density at radius 1 is 1.32 bits per heavy atom. The summed E-state index contributed by atoms with van der Waals surface area (Å²) in [6, 6.07) is 7.56. The molecule has 2 N–H and O–H groups in total. The van der Waals surface area contributed by atoms with E-state index in [1.54, 1.807) is 4.90 Å². The molecule has 1 aromatic rings. The number of β-amino-alcohol motifs (C(OH)–C–C–N with tert-alkyl or cyclic N) is 1. The van der Waals surface area contributed by atoms with E-state index in [-0.39, 0.29) is 12.5 Å². The maximum Gasteiger partial charge on any atom is 0.312 e. The largest absolute Gasteiger partial charge is 0.481 e. The number of hydrogen-bond acceptors (Lipinski definition) is 3. The van der Waals surface area contributed by atoms with Gasteiger partial charge in [0.15, 0.2) is 0 Å². The Morgan fingerprint density at radius 3 is 2.56 bits per heavy atom. The van der Waals surface area contributed by atoms with Gasteiger partial charge in [-0.2, -0.15) is 0 Å². The summed E-state index contributed by atoms with van der Waals surface area (Å²) in [4.78, 5) is 25.6. The van der Waals surface area contributed by atoms with Gasteiger partial charge in [0.25, 0.3) is 0 Å². The third kappa shape index (κ3) is 4.73. The third-order valence-electron chi connectivity index (χ3n) is 5.10. The molecule has 1 aliphatic heterocycles. The molecular formula is C19H26ClNO4. The second kappa shape index (κ2) is 8.68. The number of halogens is 1. The Morgan fingerprint density at radius 2 is 2.00 bits per heavy atom. The quantitative estimate of drug-likeness (QED) is 0.776. The second-order valence-corrected chi connectivity index (χ2v) is 7.23. The summed E-state index contributed by atoms with van der Waals surface area (Å²) in [5.74, 6) is -0.986. The molecule has 1 saturated heterocycles. The zero-order valence-corrected chi connectivity index (χ0v) is 15.3. The summed E-state index contributed by atoms with van der Waals surface area (Å²) in [5, 5.41) is 20.6. The first-order valence-corrected chi connectivity index (χ1v) is 9.20. The van der Waals surface area contributed by atoms with Crippen LogP contribution in [0.4, 0.5) is 0 Å². The highest BCUT2D eigenvalue weighted by atomic mass is 35.5. The highest BCUT2D eigenvalue weighted by molar-refractivity contribution is 6.30. The molecule has 138 valence electrons. The van der Waals surface area contributed by atoms with Gasteiger partial charge in [0.05, 0.1) is 11.5 Å². The van der Waals surface area contributed by atoms with Crippen LogP contribution in [0.1, 0.15) is 44.6 Å². The summed E-state index contributed by atoms with van der Waals surface area (Å²) in [6.07, 6.45) is 2.31. The molecule has 1 fully saturated rings. The van der Waals surface area contributed by atoms with Crippen molar-refractivity contribution in [1.29, 1.82) is 0 Å². The van der Waals surface area contributed by atoms with Gasteiger partial charge < -0.3 is 15.1 Å². The van der Waals surface area contributed by atoms with E-state index in [9.17, 15) is 19.8 Å². The van der Waals surface area contributed by atoms with Crippen LogP contribution in [-0.4, -0.2) is 46.2 Å². The Hall–Kier alpha value is -1.59. The number of hydrogen-bond donors (Lipinski definition) is 2. The minimum atomic E-state index is -1.12. The number of aliphatic hydroxyl groups is 1. The smallest absolute Gasteiger partial charge is 0.312 e. The average Bonchev–Trinajstić information content (AvgIpc) is 2.58. The maximum atomic E-state index is 12.4. The van der Waals surface area contributed by atoms with Crippen LogP contribution in [0, 0.1) is 5.41 Å². The van der Waals surface area contributed by atoms with E-state index in [0.717, 1.165) is 12.0 Å². The van der Waals surface area contributed by atoms with E-state index < -0.39 is 17.5 Å².